The van der Waals surface area contributed by atoms with Crippen molar-refractivity contribution in [3.63, 3.8) is 0 Å². The highest BCUT2D eigenvalue weighted by Gasteiger charge is 2.03. The van der Waals surface area contributed by atoms with Crippen molar-refractivity contribution in [3.05, 3.63) is 51.7 Å². The van der Waals surface area contributed by atoms with Crippen molar-refractivity contribution >= 4 is 11.3 Å². The van der Waals surface area contributed by atoms with Crippen molar-refractivity contribution in [1.29, 1.82) is 0 Å². The van der Waals surface area contributed by atoms with Gasteiger partial charge >= 0.3 is 0 Å². The molecule has 4 heteroatoms. The van der Waals surface area contributed by atoms with Crippen LogP contribution in [0, 0.1) is 5.82 Å². The molecule has 0 aliphatic carbocycles. The van der Waals surface area contributed by atoms with Crippen LogP contribution in [0.4, 0.5) is 4.39 Å². The number of benzene rings is 1. The van der Waals surface area contributed by atoms with E-state index < -0.39 is 0 Å². The summed E-state index contributed by atoms with van der Waals surface area (Å²) in [6.07, 6.45) is 2.68. The molecule has 0 spiro atoms. The van der Waals surface area contributed by atoms with Gasteiger partial charge in [0.1, 0.15) is 5.82 Å². The third kappa shape index (κ3) is 3.61. The lowest BCUT2D eigenvalue weighted by Gasteiger charge is -1.97. The van der Waals surface area contributed by atoms with Crippen LogP contribution >= 0.6 is 11.3 Å². The Labute approximate surface area is 104 Å². The molecule has 0 amide bonds. The average molecular weight is 250 g/mol. The van der Waals surface area contributed by atoms with Gasteiger partial charge in [0.2, 0.25) is 0 Å². The fourth-order valence-electron chi connectivity index (χ4n) is 1.60. The van der Waals surface area contributed by atoms with E-state index in [9.17, 15) is 4.39 Å². The summed E-state index contributed by atoms with van der Waals surface area (Å²) in [5.74, 6) is -0.198. The Bertz CT molecular complexity index is 465. The van der Waals surface area contributed by atoms with E-state index in [1.54, 1.807) is 23.5 Å². The average Bonchev–Trinajstić information content (AvgIpc) is 2.77. The minimum Gasteiger partial charge on any atom is -0.330 e. The summed E-state index contributed by atoms with van der Waals surface area (Å²) in [6.45, 7) is 0.699. The number of nitrogens with zero attached hydrogens (tertiary/aromatic N) is 1. The third-order valence-corrected chi connectivity index (χ3v) is 3.40. The first-order valence-electron chi connectivity index (χ1n) is 5.65. The van der Waals surface area contributed by atoms with Crippen molar-refractivity contribution in [2.75, 3.05) is 6.54 Å². The number of rotatable bonds is 5. The molecule has 0 aliphatic heterocycles. The Morgan fingerprint density at radius 2 is 2.00 bits per heavy atom. The second-order valence-corrected chi connectivity index (χ2v) is 4.87. The van der Waals surface area contributed by atoms with E-state index in [0.29, 0.717) is 6.54 Å². The van der Waals surface area contributed by atoms with Crippen LogP contribution < -0.4 is 5.73 Å². The molecule has 0 bridgehead atoms. The standard InChI is InChI=1S/C13H15FN2S/c14-11-5-3-10(4-6-11)8-13-16-12(9-17-13)2-1-7-15/h3-6,9H,1-2,7-8,15H2. The molecule has 0 aliphatic rings. The van der Waals surface area contributed by atoms with Crippen molar-refractivity contribution < 1.29 is 4.39 Å². The Kier molecular flexibility index (Phi) is 4.23. The fraction of sp³-hybridized carbons (Fsp3) is 0.308. The molecule has 2 N–H and O–H groups in total. The molecule has 1 aromatic heterocycles. The number of thiazole rings is 1. The van der Waals surface area contributed by atoms with Gasteiger partial charge in [-0.25, -0.2) is 9.37 Å². The summed E-state index contributed by atoms with van der Waals surface area (Å²) in [6, 6.07) is 6.57. The predicted molar refractivity (Wildman–Crippen MR) is 68.7 cm³/mol. The molecular formula is C13H15FN2S. The number of nitrogens with two attached hydrogens (primary N) is 1. The van der Waals surface area contributed by atoms with Crippen LogP contribution in [-0.2, 0) is 12.8 Å². The van der Waals surface area contributed by atoms with Crippen LogP contribution in [0.5, 0.6) is 0 Å². The molecule has 2 aromatic rings. The van der Waals surface area contributed by atoms with Crippen molar-refractivity contribution in [1.82, 2.24) is 4.98 Å². The van der Waals surface area contributed by atoms with Crippen LogP contribution in [0.3, 0.4) is 0 Å². The molecule has 0 fully saturated rings. The summed E-state index contributed by atoms with van der Waals surface area (Å²) < 4.78 is 12.7. The van der Waals surface area contributed by atoms with Gasteiger partial charge < -0.3 is 5.73 Å². The summed E-state index contributed by atoms with van der Waals surface area (Å²) in [5.41, 5.74) is 7.66. The molecule has 2 nitrogen and oxygen atoms in total. The molecule has 0 saturated carbocycles. The maximum absolute atomic E-state index is 12.7. The molecular weight excluding hydrogens is 235 g/mol. The zero-order chi connectivity index (χ0) is 12.1. The van der Waals surface area contributed by atoms with Gasteiger partial charge in [0.05, 0.1) is 10.7 Å². The lowest BCUT2D eigenvalue weighted by molar-refractivity contribution is 0.627. The molecule has 0 radical (unpaired) electrons. The highest BCUT2D eigenvalue weighted by Crippen LogP contribution is 2.16. The topological polar surface area (TPSA) is 38.9 Å². The van der Waals surface area contributed by atoms with E-state index in [0.717, 1.165) is 35.5 Å². The van der Waals surface area contributed by atoms with E-state index in [1.165, 1.54) is 12.1 Å². The Morgan fingerprint density at radius 3 is 2.71 bits per heavy atom. The van der Waals surface area contributed by atoms with Gasteiger partial charge in [-0.15, -0.1) is 11.3 Å². The number of halogens is 1. The summed E-state index contributed by atoms with van der Waals surface area (Å²) in [4.78, 5) is 4.53. The maximum Gasteiger partial charge on any atom is 0.123 e. The summed E-state index contributed by atoms with van der Waals surface area (Å²) in [5, 5.41) is 3.15. The minimum absolute atomic E-state index is 0.198. The Balaban J connectivity index is 1.98. The van der Waals surface area contributed by atoms with Crippen LogP contribution in [0.15, 0.2) is 29.6 Å². The smallest absolute Gasteiger partial charge is 0.123 e. The first-order chi connectivity index (χ1) is 8.28. The van der Waals surface area contributed by atoms with E-state index >= 15 is 0 Å². The molecule has 0 unspecified atom stereocenters. The molecule has 0 saturated heterocycles. The van der Waals surface area contributed by atoms with Crippen molar-refractivity contribution in [3.8, 4) is 0 Å². The largest absolute Gasteiger partial charge is 0.330 e. The second-order valence-electron chi connectivity index (χ2n) is 3.93. The van der Waals surface area contributed by atoms with Crippen molar-refractivity contribution in [2.45, 2.75) is 19.3 Å². The first-order valence-corrected chi connectivity index (χ1v) is 6.53. The highest BCUT2D eigenvalue weighted by molar-refractivity contribution is 7.09. The van der Waals surface area contributed by atoms with E-state index in [4.69, 9.17) is 5.73 Å². The molecule has 1 heterocycles. The zero-order valence-corrected chi connectivity index (χ0v) is 10.3. The van der Waals surface area contributed by atoms with Gasteiger partial charge in [0.25, 0.3) is 0 Å². The van der Waals surface area contributed by atoms with Gasteiger partial charge in [-0.05, 0) is 37.1 Å². The van der Waals surface area contributed by atoms with Crippen molar-refractivity contribution in [2.24, 2.45) is 5.73 Å². The Morgan fingerprint density at radius 1 is 1.24 bits per heavy atom. The van der Waals surface area contributed by atoms with Gasteiger partial charge in [0.15, 0.2) is 0 Å². The molecule has 2 rings (SSSR count). The minimum atomic E-state index is -0.198. The fourth-order valence-corrected chi connectivity index (χ4v) is 2.47. The number of aryl methyl sites for hydroxylation is 1. The summed E-state index contributed by atoms with van der Waals surface area (Å²) in [7, 11) is 0. The normalized spacial score (nSPS) is 10.7. The van der Waals surface area contributed by atoms with E-state index in [1.807, 2.05) is 0 Å². The van der Waals surface area contributed by atoms with Gasteiger partial charge in [-0.3, -0.25) is 0 Å². The lowest BCUT2D eigenvalue weighted by Crippen LogP contribution is -2.00. The van der Waals surface area contributed by atoms with Gasteiger partial charge in [-0.2, -0.15) is 0 Å². The van der Waals surface area contributed by atoms with Gasteiger partial charge in [-0.1, -0.05) is 12.1 Å². The van der Waals surface area contributed by atoms with E-state index in [-0.39, 0.29) is 5.82 Å². The predicted octanol–water partition coefficient (Wildman–Crippen LogP) is 2.76. The zero-order valence-electron chi connectivity index (χ0n) is 9.53. The van der Waals surface area contributed by atoms with Crippen LogP contribution in [0.2, 0.25) is 0 Å². The van der Waals surface area contributed by atoms with E-state index in [2.05, 4.69) is 10.4 Å². The highest BCUT2D eigenvalue weighted by atomic mass is 32.1. The van der Waals surface area contributed by atoms with Gasteiger partial charge in [0, 0.05) is 11.8 Å². The summed E-state index contributed by atoms with van der Waals surface area (Å²) >= 11 is 1.65. The number of hydrogen-bond donors (Lipinski definition) is 1. The first kappa shape index (κ1) is 12.2. The molecule has 0 atom stereocenters. The van der Waals surface area contributed by atoms with Crippen LogP contribution in [0.25, 0.3) is 0 Å². The number of aromatic nitrogens is 1. The van der Waals surface area contributed by atoms with Crippen LogP contribution in [0.1, 0.15) is 22.7 Å². The van der Waals surface area contributed by atoms with Crippen LogP contribution in [-0.4, -0.2) is 11.5 Å². The SMILES string of the molecule is NCCCc1csc(Cc2ccc(F)cc2)n1. The monoisotopic (exact) mass is 250 g/mol. The molecule has 1 aromatic carbocycles. The maximum atomic E-state index is 12.7. The number of hydrogen-bond acceptors (Lipinski definition) is 3. The Hall–Kier alpha value is -1.26. The molecule has 90 valence electrons. The quantitative estimate of drug-likeness (QED) is 0.886. The molecule has 17 heavy (non-hydrogen) atoms. The third-order valence-electron chi connectivity index (χ3n) is 2.50. The second kappa shape index (κ2) is 5.89. The lowest BCUT2D eigenvalue weighted by atomic mass is 10.1.